The first-order valence-corrected chi connectivity index (χ1v) is 9.11. The Bertz CT molecular complexity index is 692. The van der Waals surface area contributed by atoms with E-state index in [9.17, 15) is 0 Å². The van der Waals surface area contributed by atoms with Gasteiger partial charge in [0.1, 0.15) is 17.5 Å². The van der Waals surface area contributed by atoms with Crippen LogP contribution in [0.4, 0.5) is 17.3 Å². The van der Waals surface area contributed by atoms with E-state index in [-0.39, 0.29) is 0 Å². The fraction of sp³-hybridized carbons (Fsp3) is 0.500. The van der Waals surface area contributed by atoms with Gasteiger partial charge in [-0.05, 0) is 44.7 Å². The Kier molecular flexibility index (Phi) is 5.03. The fourth-order valence-electron chi connectivity index (χ4n) is 3.62. The molecule has 0 saturated carbocycles. The van der Waals surface area contributed by atoms with Crippen LogP contribution >= 0.6 is 0 Å². The molecule has 128 valence electrons. The summed E-state index contributed by atoms with van der Waals surface area (Å²) in [5, 5.41) is 0. The van der Waals surface area contributed by atoms with Gasteiger partial charge in [-0.25, -0.2) is 9.97 Å². The number of hydrogen-bond donors (Lipinski definition) is 0. The first-order valence-electron chi connectivity index (χ1n) is 9.11. The minimum absolute atomic E-state index is 0.426. The summed E-state index contributed by atoms with van der Waals surface area (Å²) in [4.78, 5) is 14.2. The molecule has 0 amide bonds. The summed E-state index contributed by atoms with van der Waals surface area (Å²) in [6.07, 6.45) is 3.32. The van der Waals surface area contributed by atoms with Gasteiger partial charge < -0.3 is 9.80 Å². The van der Waals surface area contributed by atoms with E-state index in [0.717, 1.165) is 49.8 Å². The Morgan fingerprint density at radius 3 is 2.54 bits per heavy atom. The molecule has 3 rings (SSSR count). The third-order valence-corrected chi connectivity index (χ3v) is 4.58. The molecule has 0 bridgehead atoms. The number of aromatic nitrogens is 2. The molecule has 0 N–H and O–H groups in total. The van der Waals surface area contributed by atoms with Crippen LogP contribution in [-0.2, 0) is 6.42 Å². The number of rotatable bonds is 6. The smallest absolute Gasteiger partial charge is 0.139 e. The SMILES string of the molecule is CCCN(CCC)c1cc(N2c3ccccc3CC2C)nc(C)n1. The summed E-state index contributed by atoms with van der Waals surface area (Å²) >= 11 is 0. The maximum absolute atomic E-state index is 4.76. The van der Waals surface area contributed by atoms with Crippen molar-refractivity contribution in [2.75, 3.05) is 22.9 Å². The monoisotopic (exact) mass is 324 g/mol. The highest BCUT2D eigenvalue weighted by molar-refractivity contribution is 5.70. The van der Waals surface area contributed by atoms with E-state index in [0.29, 0.717) is 6.04 Å². The zero-order valence-electron chi connectivity index (χ0n) is 15.3. The number of aryl methyl sites for hydroxylation is 1. The molecule has 2 heterocycles. The average molecular weight is 324 g/mol. The molecule has 1 atom stereocenters. The minimum Gasteiger partial charge on any atom is -0.356 e. The zero-order chi connectivity index (χ0) is 17.1. The van der Waals surface area contributed by atoms with Gasteiger partial charge in [-0.2, -0.15) is 0 Å². The molecule has 0 saturated heterocycles. The van der Waals surface area contributed by atoms with Crippen LogP contribution in [0.15, 0.2) is 30.3 Å². The zero-order valence-corrected chi connectivity index (χ0v) is 15.3. The third kappa shape index (κ3) is 3.23. The maximum atomic E-state index is 4.76. The Hall–Kier alpha value is -2.10. The summed E-state index contributed by atoms with van der Waals surface area (Å²) in [5.41, 5.74) is 2.69. The first-order chi connectivity index (χ1) is 11.6. The average Bonchev–Trinajstić information content (AvgIpc) is 2.89. The minimum atomic E-state index is 0.426. The van der Waals surface area contributed by atoms with E-state index in [1.54, 1.807) is 0 Å². The quantitative estimate of drug-likeness (QED) is 0.783. The lowest BCUT2D eigenvalue weighted by atomic mass is 10.1. The molecule has 1 aliphatic rings. The van der Waals surface area contributed by atoms with Crippen LogP contribution in [0.3, 0.4) is 0 Å². The molecule has 1 aromatic heterocycles. The van der Waals surface area contributed by atoms with Crippen LogP contribution in [0, 0.1) is 6.92 Å². The molecule has 0 aliphatic carbocycles. The van der Waals surface area contributed by atoms with Gasteiger partial charge in [-0.1, -0.05) is 32.0 Å². The summed E-state index contributed by atoms with van der Waals surface area (Å²) < 4.78 is 0. The third-order valence-electron chi connectivity index (χ3n) is 4.58. The van der Waals surface area contributed by atoms with Crippen molar-refractivity contribution in [3.8, 4) is 0 Å². The van der Waals surface area contributed by atoms with Gasteiger partial charge in [0, 0.05) is 30.9 Å². The van der Waals surface area contributed by atoms with Crippen LogP contribution in [0.1, 0.15) is 45.0 Å². The number of benzene rings is 1. The normalized spacial score (nSPS) is 16.3. The number of fused-ring (bicyclic) bond motifs is 1. The predicted octanol–water partition coefficient (Wildman–Crippen LogP) is 4.49. The lowest BCUT2D eigenvalue weighted by Gasteiger charge is -2.27. The Labute approximate surface area is 145 Å². The summed E-state index contributed by atoms with van der Waals surface area (Å²) in [7, 11) is 0. The highest BCUT2D eigenvalue weighted by Gasteiger charge is 2.28. The molecule has 2 aromatic rings. The number of para-hydroxylation sites is 1. The van der Waals surface area contributed by atoms with Crippen molar-refractivity contribution >= 4 is 17.3 Å². The molecular formula is C20H28N4. The van der Waals surface area contributed by atoms with E-state index in [4.69, 9.17) is 9.97 Å². The molecular weight excluding hydrogens is 296 g/mol. The second kappa shape index (κ2) is 7.20. The topological polar surface area (TPSA) is 32.3 Å². The second-order valence-electron chi connectivity index (χ2n) is 6.67. The highest BCUT2D eigenvalue weighted by Crippen LogP contribution is 2.38. The van der Waals surface area contributed by atoms with Crippen molar-refractivity contribution < 1.29 is 0 Å². The van der Waals surface area contributed by atoms with Crippen LogP contribution < -0.4 is 9.80 Å². The van der Waals surface area contributed by atoms with Crippen LogP contribution in [0.2, 0.25) is 0 Å². The molecule has 0 radical (unpaired) electrons. The first kappa shape index (κ1) is 16.7. The highest BCUT2D eigenvalue weighted by atomic mass is 15.3. The number of nitrogens with zero attached hydrogens (tertiary/aromatic N) is 4. The van der Waals surface area contributed by atoms with Crippen molar-refractivity contribution in [3.63, 3.8) is 0 Å². The van der Waals surface area contributed by atoms with E-state index >= 15 is 0 Å². The van der Waals surface area contributed by atoms with Crippen molar-refractivity contribution in [2.45, 2.75) is 53.0 Å². The summed E-state index contributed by atoms with van der Waals surface area (Å²) in [6.45, 7) is 10.8. The van der Waals surface area contributed by atoms with Gasteiger partial charge in [0.25, 0.3) is 0 Å². The maximum Gasteiger partial charge on any atom is 0.139 e. The fourth-order valence-corrected chi connectivity index (χ4v) is 3.62. The standard InChI is InChI=1S/C20H28N4/c1-5-11-23(12-6-2)19-14-20(22-16(4)21-19)24-15(3)13-17-9-7-8-10-18(17)24/h7-10,14-15H,5-6,11-13H2,1-4H3. The van der Waals surface area contributed by atoms with Gasteiger partial charge in [0.05, 0.1) is 0 Å². The summed E-state index contributed by atoms with van der Waals surface area (Å²) in [5.74, 6) is 2.92. The number of hydrogen-bond acceptors (Lipinski definition) is 4. The van der Waals surface area contributed by atoms with Gasteiger partial charge in [-0.3, -0.25) is 0 Å². The molecule has 24 heavy (non-hydrogen) atoms. The second-order valence-corrected chi connectivity index (χ2v) is 6.67. The van der Waals surface area contributed by atoms with E-state index in [2.05, 4.69) is 60.9 Å². The molecule has 1 aromatic carbocycles. The van der Waals surface area contributed by atoms with Crippen molar-refractivity contribution in [1.29, 1.82) is 0 Å². The largest absolute Gasteiger partial charge is 0.356 e. The Balaban J connectivity index is 2.00. The van der Waals surface area contributed by atoms with E-state index in [1.165, 1.54) is 11.3 Å². The van der Waals surface area contributed by atoms with Gasteiger partial charge >= 0.3 is 0 Å². The molecule has 4 heteroatoms. The molecule has 0 spiro atoms. The van der Waals surface area contributed by atoms with Crippen molar-refractivity contribution in [1.82, 2.24) is 9.97 Å². The van der Waals surface area contributed by atoms with Crippen LogP contribution in [0.5, 0.6) is 0 Å². The van der Waals surface area contributed by atoms with E-state index in [1.807, 2.05) is 6.92 Å². The van der Waals surface area contributed by atoms with Gasteiger partial charge in [0.15, 0.2) is 0 Å². The molecule has 1 unspecified atom stereocenters. The van der Waals surface area contributed by atoms with E-state index < -0.39 is 0 Å². The molecule has 0 fully saturated rings. The molecule has 1 aliphatic heterocycles. The Morgan fingerprint density at radius 2 is 1.83 bits per heavy atom. The van der Waals surface area contributed by atoms with Crippen LogP contribution in [0.25, 0.3) is 0 Å². The van der Waals surface area contributed by atoms with Gasteiger partial charge in [0.2, 0.25) is 0 Å². The van der Waals surface area contributed by atoms with Crippen molar-refractivity contribution in [3.05, 3.63) is 41.7 Å². The molecule has 4 nitrogen and oxygen atoms in total. The predicted molar refractivity (Wildman–Crippen MR) is 101 cm³/mol. The van der Waals surface area contributed by atoms with Crippen LogP contribution in [-0.4, -0.2) is 29.1 Å². The Morgan fingerprint density at radius 1 is 1.12 bits per heavy atom. The lowest BCUT2D eigenvalue weighted by Crippen LogP contribution is -2.28. The van der Waals surface area contributed by atoms with Gasteiger partial charge in [-0.15, -0.1) is 0 Å². The number of anilines is 3. The lowest BCUT2D eigenvalue weighted by molar-refractivity contribution is 0.722. The van der Waals surface area contributed by atoms with Crippen molar-refractivity contribution in [2.24, 2.45) is 0 Å². The summed E-state index contributed by atoms with van der Waals surface area (Å²) in [6, 6.07) is 11.2.